The lowest BCUT2D eigenvalue weighted by molar-refractivity contribution is -0.345. The molecule has 51 heavy (non-hydrogen) atoms. The molecule has 0 aromatic heterocycles. The zero-order valence-electron chi connectivity index (χ0n) is 30.9. The van der Waals surface area contributed by atoms with Gasteiger partial charge in [0.05, 0.1) is 29.3 Å². The number of aliphatic hydroxyl groups excluding tert-OH is 2. The third-order valence-corrected chi connectivity index (χ3v) is 17.4. The van der Waals surface area contributed by atoms with Gasteiger partial charge in [-0.05, 0) is 106 Å². The van der Waals surface area contributed by atoms with Gasteiger partial charge in [-0.2, -0.15) is 0 Å². The van der Waals surface area contributed by atoms with E-state index in [1.165, 1.54) is 31.8 Å². The van der Waals surface area contributed by atoms with E-state index in [1.807, 2.05) is 14.0 Å². The number of allylic oxidation sites excluding steroid dienone is 1. The van der Waals surface area contributed by atoms with Crippen molar-refractivity contribution in [3.05, 3.63) is 23.3 Å². The highest BCUT2D eigenvalue weighted by atomic mass is 16.5. The molecule has 10 heteroatoms. The van der Waals surface area contributed by atoms with Crippen LogP contribution in [0.1, 0.15) is 97.3 Å². The number of aldehydes is 1. The first-order valence-electron chi connectivity index (χ1n) is 20.2. The second-order valence-corrected chi connectivity index (χ2v) is 18.7. The Morgan fingerprint density at radius 3 is 2.49 bits per heavy atom. The Balaban J connectivity index is 1.24. The van der Waals surface area contributed by atoms with Crippen LogP contribution in [0.25, 0.3) is 0 Å². The van der Waals surface area contributed by atoms with E-state index in [4.69, 9.17) is 4.74 Å². The SMILES string of the molecule is CNCCNCC1=C[C@H]2C[C@@]3(O)[C@](C)(CC[C@H]4[C@@]3(O)C[C@@H]3C[C@H]([C@@H](C)C5CCCC5)CC[C@H]5[C@@H](O)CC[C@@]4(C=O)[C@]35O)[C@@]2(CO)C2=CC(=O)O[C@@H]12. The van der Waals surface area contributed by atoms with Crippen molar-refractivity contribution in [1.29, 1.82) is 0 Å². The summed E-state index contributed by atoms with van der Waals surface area (Å²) in [6.45, 7) is 5.94. The van der Waals surface area contributed by atoms with Gasteiger partial charge >= 0.3 is 5.97 Å². The fourth-order valence-electron chi connectivity index (χ4n) is 14.9. The lowest BCUT2D eigenvalue weighted by atomic mass is 9.35. The second kappa shape index (κ2) is 12.4. The van der Waals surface area contributed by atoms with Gasteiger partial charge in [0, 0.05) is 48.4 Å². The number of likely N-dealkylation sites (N-methyl/N-ethyl adjacent to an activating group) is 1. The number of fused-ring (bicyclic) bond motifs is 8. The highest BCUT2D eigenvalue weighted by molar-refractivity contribution is 5.87. The smallest absolute Gasteiger partial charge is 0.331 e. The highest BCUT2D eigenvalue weighted by Crippen LogP contribution is 2.79. The van der Waals surface area contributed by atoms with Crippen molar-refractivity contribution in [2.45, 2.75) is 126 Å². The summed E-state index contributed by atoms with van der Waals surface area (Å²) < 4.78 is 5.92. The average molecular weight is 711 g/mol. The Labute approximate surface area is 302 Å². The number of aliphatic hydroxyl groups is 5. The fourth-order valence-corrected chi connectivity index (χ4v) is 14.9. The van der Waals surface area contributed by atoms with Gasteiger partial charge in [0.2, 0.25) is 0 Å². The maximum atomic E-state index is 13.9. The summed E-state index contributed by atoms with van der Waals surface area (Å²) in [5.74, 6) is -1.24. The van der Waals surface area contributed by atoms with Gasteiger partial charge in [0.15, 0.2) is 0 Å². The molecule has 14 atom stereocenters. The Kier molecular flexibility index (Phi) is 8.86. The summed E-state index contributed by atoms with van der Waals surface area (Å²) >= 11 is 0. The summed E-state index contributed by atoms with van der Waals surface area (Å²) in [6.07, 6.45) is 11.8. The van der Waals surface area contributed by atoms with Gasteiger partial charge in [-0.3, -0.25) is 0 Å². The minimum absolute atomic E-state index is 0.126. The number of carbonyl (C=O) groups excluding carboxylic acids is 2. The van der Waals surface area contributed by atoms with Crippen LogP contribution < -0.4 is 10.6 Å². The van der Waals surface area contributed by atoms with Gasteiger partial charge in [-0.25, -0.2) is 4.79 Å². The topological polar surface area (TPSA) is 169 Å². The van der Waals surface area contributed by atoms with Crippen LogP contribution >= 0.6 is 0 Å². The lowest BCUT2D eigenvalue weighted by Gasteiger charge is -2.72. The molecule has 0 unspecified atom stereocenters. The van der Waals surface area contributed by atoms with E-state index in [2.05, 4.69) is 23.6 Å². The summed E-state index contributed by atoms with van der Waals surface area (Å²) in [6, 6.07) is 0. The van der Waals surface area contributed by atoms with E-state index in [0.717, 1.165) is 24.8 Å². The number of hydrogen-bond donors (Lipinski definition) is 7. The van der Waals surface area contributed by atoms with Crippen molar-refractivity contribution in [2.24, 2.45) is 57.7 Å². The van der Waals surface area contributed by atoms with Crippen molar-refractivity contribution in [1.82, 2.24) is 10.6 Å². The molecule has 8 aliphatic rings. The van der Waals surface area contributed by atoms with E-state index in [1.54, 1.807) is 0 Å². The van der Waals surface area contributed by atoms with Crippen molar-refractivity contribution >= 4 is 12.3 Å². The number of hydrogen-bond acceptors (Lipinski definition) is 10. The van der Waals surface area contributed by atoms with Crippen LogP contribution in [-0.4, -0.2) is 100 Å². The predicted molar refractivity (Wildman–Crippen MR) is 190 cm³/mol. The van der Waals surface area contributed by atoms with Crippen molar-refractivity contribution < 1.29 is 39.9 Å². The van der Waals surface area contributed by atoms with Crippen molar-refractivity contribution in [2.75, 3.05) is 33.3 Å². The minimum atomic E-state index is -1.76. The number of rotatable bonds is 9. The van der Waals surface area contributed by atoms with Crippen molar-refractivity contribution in [3.63, 3.8) is 0 Å². The number of ether oxygens (including phenoxy) is 1. The monoisotopic (exact) mass is 710 g/mol. The van der Waals surface area contributed by atoms with Crippen LogP contribution in [0.5, 0.6) is 0 Å². The maximum absolute atomic E-state index is 13.9. The average Bonchev–Trinajstić information content (AvgIpc) is 3.80. The van der Waals surface area contributed by atoms with E-state index in [-0.39, 0.29) is 31.8 Å². The van der Waals surface area contributed by atoms with E-state index in [9.17, 15) is 35.1 Å². The molecule has 6 fully saturated rings. The normalized spacial score (nSPS) is 50.8. The lowest BCUT2D eigenvalue weighted by Crippen LogP contribution is -2.81. The Hall–Kier alpha value is -1.66. The van der Waals surface area contributed by atoms with Gasteiger partial charge in [0.1, 0.15) is 18.0 Å². The molecule has 7 N–H and O–H groups in total. The molecule has 0 aromatic rings. The molecule has 6 saturated carbocycles. The van der Waals surface area contributed by atoms with Gasteiger partial charge in [-0.15, -0.1) is 0 Å². The molecule has 1 heterocycles. The first-order valence-corrected chi connectivity index (χ1v) is 20.2. The number of esters is 1. The Morgan fingerprint density at radius 2 is 1.78 bits per heavy atom. The molecule has 8 rings (SSSR count). The first kappa shape index (κ1) is 36.3. The van der Waals surface area contributed by atoms with Crippen LogP contribution in [0.4, 0.5) is 0 Å². The summed E-state index contributed by atoms with van der Waals surface area (Å²) in [4.78, 5) is 26.9. The van der Waals surface area contributed by atoms with Gasteiger partial charge in [-0.1, -0.05) is 45.6 Å². The third-order valence-electron chi connectivity index (χ3n) is 17.4. The van der Waals surface area contributed by atoms with E-state index in [0.29, 0.717) is 62.6 Å². The second-order valence-electron chi connectivity index (χ2n) is 18.7. The molecule has 1 aliphatic heterocycles. The largest absolute Gasteiger partial charge is 0.450 e. The van der Waals surface area contributed by atoms with Gasteiger partial charge in [0.25, 0.3) is 0 Å². The fraction of sp³-hybridized carbons (Fsp3) is 0.854. The third kappa shape index (κ3) is 4.47. The molecule has 0 spiro atoms. The molecule has 0 saturated heterocycles. The Morgan fingerprint density at radius 1 is 1.02 bits per heavy atom. The Bertz CT molecular complexity index is 1480. The molecule has 10 nitrogen and oxygen atoms in total. The summed E-state index contributed by atoms with van der Waals surface area (Å²) in [7, 11) is 1.89. The van der Waals surface area contributed by atoms with Crippen molar-refractivity contribution in [3.8, 4) is 0 Å². The van der Waals surface area contributed by atoms with Crippen LogP contribution in [0, 0.1) is 57.7 Å². The molecule has 284 valence electrons. The van der Waals surface area contributed by atoms with Crippen LogP contribution in [0.2, 0.25) is 0 Å². The first-order chi connectivity index (χ1) is 24.3. The number of carbonyl (C=O) groups is 2. The molecular weight excluding hydrogens is 648 g/mol. The predicted octanol–water partition coefficient (Wildman–Crippen LogP) is 2.80. The quantitative estimate of drug-likeness (QED) is 0.0818. The van der Waals surface area contributed by atoms with Crippen LogP contribution in [-0.2, 0) is 14.3 Å². The zero-order chi connectivity index (χ0) is 36.2. The molecule has 0 aromatic carbocycles. The minimum Gasteiger partial charge on any atom is -0.450 e. The highest BCUT2D eigenvalue weighted by Gasteiger charge is 2.84. The van der Waals surface area contributed by atoms with E-state index < -0.39 is 74.9 Å². The molecule has 7 aliphatic carbocycles. The molecule has 0 radical (unpaired) electrons. The molecule has 0 amide bonds. The summed E-state index contributed by atoms with van der Waals surface area (Å²) in [5, 5.41) is 70.2. The standard InChI is InChI=1S/C41H62N2O8/c1-24(25-6-4-5-7-25)26-8-9-30-32(46)10-13-37(22-44)33-11-12-36(2)38(23-45)28(20-40(36,49)39(33,48)19-29(16-26)41(30,37)50)17-27(21-43-15-14-42-3)35-31(38)18-34(47)51-35/h17-18,22,24-26,28-30,32-33,35,42-43,45-46,48-50H,4-16,19-21,23H2,1-3H3/t24-,26+,28-,29-,30-,32-,33+,35-,36+,37-,38+,39-,40+,41-/m0/s1. The van der Waals surface area contributed by atoms with E-state index >= 15 is 0 Å². The molecular formula is C41H62N2O8. The van der Waals surface area contributed by atoms with Crippen LogP contribution in [0.15, 0.2) is 23.3 Å². The summed E-state index contributed by atoms with van der Waals surface area (Å²) in [5.41, 5.74) is -6.91. The zero-order valence-corrected chi connectivity index (χ0v) is 30.9. The van der Waals surface area contributed by atoms with Gasteiger partial charge < -0.3 is 45.7 Å². The van der Waals surface area contributed by atoms with Crippen LogP contribution in [0.3, 0.4) is 0 Å². The molecule has 0 bridgehead atoms. The maximum Gasteiger partial charge on any atom is 0.331 e. The number of nitrogens with one attached hydrogen (secondary N) is 2.